The molecule has 0 unspecified atom stereocenters. The van der Waals surface area contributed by atoms with E-state index in [9.17, 15) is 9.59 Å². The first kappa shape index (κ1) is 25.0. The molecule has 1 atom stereocenters. The Kier molecular flexibility index (Phi) is 5.75. The fourth-order valence-electron chi connectivity index (χ4n) is 8.84. The van der Waals surface area contributed by atoms with Gasteiger partial charge >= 0.3 is 0 Å². The van der Waals surface area contributed by atoms with Crippen LogP contribution in [0.5, 0.6) is 0 Å². The van der Waals surface area contributed by atoms with Crippen LogP contribution in [0.15, 0.2) is 88.8 Å². The third kappa shape index (κ3) is 4.08. The predicted molar refractivity (Wildman–Crippen MR) is 163 cm³/mol. The Labute approximate surface area is 244 Å². The van der Waals surface area contributed by atoms with Crippen LogP contribution in [-0.4, -0.2) is 21.6 Å². The van der Waals surface area contributed by atoms with Gasteiger partial charge in [-0.3, -0.25) is 9.59 Å². The number of hydrogen-bond donors (Lipinski definition) is 1. The van der Waals surface area contributed by atoms with E-state index in [0.29, 0.717) is 40.5 Å². The third-order valence-corrected chi connectivity index (χ3v) is 10.4. The molecule has 0 radical (unpaired) electrons. The number of hydrazone groups is 1. The van der Waals surface area contributed by atoms with Gasteiger partial charge in [0.1, 0.15) is 0 Å². The molecule has 4 fully saturated rings. The number of benzene rings is 3. The molecule has 5 nitrogen and oxygen atoms in total. The number of halogens is 1. The van der Waals surface area contributed by atoms with Gasteiger partial charge in [0.15, 0.2) is 0 Å². The monoisotopic (exact) mass is 561 g/mol. The number of amides is 1. The molecule has 1 aliphatic heterocycles. The van der Waals surface area contributed by atoms with Crippen LogP contribution >= 0.6 is 11.6 Å². The van der Waals surface area contributed by atoms with Gasteiger partial charge in [0.05, 0.1) is 22.7 Å². The second kappa shape index (κ2) is 9.42. The number of pyridine rings is 1. The molecular weight excluding hydrogens is 530 g/mol. The molecule has 4 bridgehead atoms. The average Bonchev–Trinajstić information content (AvgIpc) is 3.41. The van der Waals surface area contributed by atoms with E-state index in [1.165, 1.54) is 19.3 Å². The lowest BCUT2D eigenvalue weighted by atomic mass is 9.49. The van der Waals surface area contributed by atoms with Crippen molar-refractivity contribution in [2.24, 2.45) is 28.3 Å². The molecule has 41 heavy (non-hydrogen) atoms. The Morgan fingerprint density at radius 3 is 2.15 bits per heavy atom. The van der Waals surface area contributed by atoms with E-state index in [-0.39, 0.29) is 22.9 Å². The maximum atomic E-state index is 14.7. The van der Waals surface area contributed by atoms with E-state index in [1.54, 1.807) is 11.1 Å². The smallest absolute Gasteiger partial charge is 0.258 e. The molecule has 0 saturated heterocycles. The van der Waals surface area contributed by atoms with Crippen molar-refractivity contribution in [3.8, 4) is 11.1 Å². The minimum atomic E-state index is -0.327. The normalized spacial score (nSPS) is 28.3. The third-order valence-electron chi connectivity index (χ3n) is 10.1. The van der Waals surface area contributed by atoms with Crippen LogP contribution in [-0.2, 0) is 4.79 Å². The topological polar surface area (TPSA) is 65.5 Å². The van der Waals surface area contributed by atoms with Crippen molar-refractivity contribution < 1.29 is 4.79 Å². The number of hydrogen-bond acceptors (Lipinski definition) is 3. The number of nitrogens with zero attached hydrogens (tertiary/aromatic N) is 2. The van der Waals surface area contributed by atoms with Crippen LogP contribution in [0.25, 0.3) is 22.0 Å². The Balaban J connectivity index is 1.30. The number of nitrogens with one attached hydrogen (secondary N) is 1. The standard InChI is InChI=1S/C35H32ClN3O2/c36-26-11-12-28-27(16-26)31(25-9-5-2-6-10-25)32(33(40)37-28)29-17-30(24-7-3-1-4-8-24)39(38-29)34(41)35-18-21-13-22(19-35)15-23(14-21)20-35/h1-12,16,21-23,30H,13-15,17-20H2,(H,37,40)/t21?,22?,23?,30-,35?/m0/s1. The van der Waals surface area contributed by atoms with E-state index in [0.717, 1.165) is 46.9 Å². The van der Waals surface area contributed by atoms with E-state index < -0.39 is 0 Å². The van der Waals surface area contributed by atoms with Crippen molar-refractivity contribution in [1.29, 1.82) is 0 Å². The van der Waals surface area contributed by atoms with Crippen LogP contribution in [0.2, 0.25) is 5.02 Å². The Morgan fingerprint density at radius 1 is 0.854 bits per heavy atom. The molecule has 1 amide bonds. The SMILES string of the molecule is O=C(N1N=C(c2c(-c3ccccc3)c3cc(Cl)ccc3[nH]c2=O)C[C@H]1c1ccccc1)C12CC3CC(CC(C3)C1)C2. The molecule has 4 aromatic rings. The summed E-state index contributed by atoms with van der Waals surface area (Å²) in [5.41, 5.74) is 4.14. The van der Waals surface area contributed by atoms with Crippen LogP contribution in [0.3, 0.4) is 0 Å². The van der Waals surface area contributed by atoms with E-state index in [4.69, 9.17) is 16.7 Å². The number of aromatic nitrogens is 1. The van der Waals surface area contributed by atoms with Crippen LogP contribution < -0.4 is 5.56 Å². The fourth-order valence-corrected chi connectivity index (χ4v) is 9.02. The summed E-state index contributed by atoms with van der Waals surface area (Å²) in [6, 6.07) is 25.4. The highest BCUT2D eigenvalue weighted by Gasteiger charge is 2.57. The summed E-state index contributed by atoms with van der Waals surface area (Å²) in [5.74, 6) is 2.12. The summed E-state index contributed by atoms with van der Waals surface area (Å²) in [4.78, 5) is 31.6. The number of aromatic amines is 1. The lowest BCUT2D eigenvalue weighted by Gasteiger charge is -2.56. The zero-order chi connectivity index (χ0) is 27.7. The summed E-state index contributed by atoms with van der Waals surface area (Å²) >= 11 is 6.47. The van der Waals surface area contributed by atoms with E-state index >= 15 is 0 Å². The molecule has 0 spiro atoms. The molecule has 4 aliphatic carbocycles. The minimum absolute atomic E-state index is 0.155. The molecule has 5 aliphatic rings. The van der Waals surface area contributed by atoms with Crippen LogP contribution in [0, 0.1) is 23.2 Å². The van der Waals surface area contributed by atoms with E-state index in [2.05, 4.69) is 17.1 Å². The van der Waals surface area contributed by atoms with Gasteiger partial charge in [-0.2, -0.15) is 5.10 Å². The van der Waals surface area contributed by atoms with Crippen LogP contribution in [0.4, 0.5) is 0 Å². The van der Waals surface area contributed by atoms with Crippen molar-refractivity contribution in [3.05, 3.63) is 105 Å². The summed E-state index contributed by atoms with van der Waals surface area (Å²) in [5, 5.41) is 8.33. The Morgan fingerprint density at radius 2 is 1.49 bits per heavy atom. The first-order valence-electron chi connectivity index (χ1n) is 14.8. The van der Waals surface area contributed by atoms with Gasteiger partial charge in [-0.25, -0.2) is 5.01 Å². The van der Waals surface area contributed by atoms with Gasteiger partial charge in [-0.05, 0) is 85.6 Å². The first-order chi connectivity index (χ1) is 20.0. The lowest BCUT2D eigenvalue weighted by molar-refractivity contribution is -0.159. The molecule has 2 heterocycles. The Hall–Kier alpha value is -3.70. The average molecular weight is 562 g/mol. The van der Waals surface area contributed by atoms with Gasteiger partial charge < -0.3 is 4.98 Å². The highest BCUT2D eigenvalue weighted by Crippen LogP contribution is 2.61. The van der Waals surface area contributed by atoms with Gasteiger partial charge in [0, 0.05) is 27.9 Å². The van der Waals surface area contributed by atoms with E-state index in [1.807, 2.05) is 60.7 Å². The molecule has 1 aromatic heterocycles. The number of H-pyrrole nitrogens is 1. The largest absolute Gasteiger partial charge is 0.321 e. The molecule has 6 heteroatoms. The quantitative estimate of drug-likeness (QED) is 0.277. The molecule has 4 saturated carbocycles. The van der Waals surface area contributed by atoms with Crippen LogP contribution in [0.1, 0.15) is 62.1 Å². The van der Waals surface area contributed by atoms with Crippen molar-refractivity contribution in [2.45, 2.75) is 51.0 Å². The summed E-state index contributed by atoms with van der Waals surface area (Å²) < 4.78 is 0. The number of fused-ring (bicyclic) bond motifs is 1. The Bertz CT molecular complexity index is 1730. The van der Waals surface area contributed by atoms with Crippen molar-refractivity contribution in [3.63, 3.8) is 0 Å². The van der Waals surface area contributed by atoms with Gasteiger partial charge in [0.2, 0.25) is 5.91 Å². The molecule has 206 valence electrons. The summed E-state index contributed by atoms with van der Waals surface area (Å²) in [6.45, 7) is 0. The van der Waals surface area contributed by atoms with Crippen molar-refractivity contribution in [1.82, 2.24) is 9.99 Å². The maximum Gasteiger partial charge on any atom is 0.258 e. The zero-order valence-electron chi connectivity index (χ0n) is 22.9. The maximum absolute atomic E-state index is 14.7. The van der Waals surface area contributed by atoms with Gasteiger partial charge in [0.25, 0.3) is 5.56 Å². The summed E-state index contributed by atoms with van der Waals surface area (Å²) in [7, 11) is 0. The highest BCUT2D eigenvalue weighted by atomic mass is 35.5. The number of rotatable bonds is 4. The van der Waals surface area contributed by atoms with Crippen molar-refractivity contribution >= 4 is 34.1 Å². The molecule has 3 aromatic carbocycles. The molecular formula is C35H32ClN3O2. The first-order valence-corrected chi connectivity index (χ1v) is 15.2. The van der Waals surface area contributed by atoms with Crippen molar-refractivity contribution in [2.75, 3.05) is 0 Å². The minimum Gasteiger partial charge on any atom is -0.321 e. The second-order valence-corrected chi connectivity index (χ2v) is 13.2. The highest BCUT2D eigenvalue weighted by molar-refractivity contribution is 6.31. The predicted octanol–water partition coefficient (Wildman–Crippen LogP) is 7.74. The molecule has 9 rings (SSSR count). The van der Waals surface area contributed by atoms with Gasteiger partial charge in [-0.15, -0.1) is 0 Å². The summed E-state index contributed by atoms with van der Waals surface area (Å²) in [6.07, 6.45) is 7.24. The molecule has 1 N–H and O–H groups in total. The fraction of sp³-hybridized carbons (Fsp3) is 0.343. The van der Waals surface area contributed by atoms with Gasteiger partial charge in [-0.1, -0.05) is 72.3 Å². The zero-order valence-corrected chi connectivity index (χ0v) is 23.6. The number of carbonyl (C=O) groups excluding carboxylic acids is 1. The number of carbonyl (C=O) groups is 1. The lowest BCUT2D eigenvalue weighted by Crippen LogP contribution is -2.53. The second-order valence-electron chi connectivity index (χ2n) is 12.8.